The Morgan fingerprint density at radius 2 is 2.05 bits per heavy atom. The summed E-state index contributed by atoms with van der Waals surface area (Å²) in [6.07, 6.45) is 1.70. The molecule has 1 aromatic carbocycles. The van der Waals surface area contributed by atoms with Crippen LogP contribution in [0.4, 0.5) is 0 Å². The number of nitrogens with zero attached hydrogens (tertiary/aromatic N) is 1. The second-order valence-corrected chi connectivity index (χ2v) is 7.73. The third kappa shape index (κ3) is 3.22. The number of rotatable bonds is 6. The standard InChI is InChI=1S/C15H23NO3S/c1-12(2)11-20(18,19)16(9-10-17)15-8-7-13-5-3-4-6-14(13)15/h3-6,12,15,17H,7-11H2,1-2H3. The molecular formula is C15H23NO3S. The van der Waals surface area contributed by atoms with Crippen LogP contribution in [0.5, 0.6) is 0 Å². The monoisotopic (exact) mass is 297 g/mol. The Bertz CT molecular complexity index is 554. The first kappa shape index (κ1) is 15.5. The molecule has 112 valence electrons. The highest BCUT2D eigenvalue weighted by molar-refractivity contribution is 7.89. The molecule has 1 unspecified atom stereocenters. The topological polar surface area (TPSA) is 57.6 Å². The van der Waals surface area contributed by atoms with Gasteiger partial charge in [0.2, 0.25) is 10.0 Å². The molecule has 0 radical (unpaired) electrons. The Hall–Kier alpha value is -0.910. The van der Waals surface area contributed by atoms with Crippen LogP contribution in [-0.2, 0) is 16.4 Å². The summed E-state index contributed by atoms with van der Waals surface area (Å²) in [6.45, 7) is 3.83. The van der Waals surface area contributed by atoms with Crippen LogP contribution >= 0.6 is 0 Å². The van der Waals surface area contributed by atoms with Crippen molar-refractivity contribution in [2.75, 3.05) is 18.9 Å². The zero-order valence-electron chi connectivity index (χ0n) is 12.1. The lowest BCUT2D eigenvalue weighted by atomic mass is 10.1. The Kier molecular flexibility index (Phi) is 4.83. The van der Waals surface area contributed by atoms with Crippen LogP contribution in [0, 0.1) is 5.92 Å². The van der Waals surface area contributed by atoms with Crippen molar-refractivity contribution in [1.29, 1.82) is 0 Å². The molecule has 1 N–H and O–H groups in total. The minimum absolute atomic E-state index is 0.0813. The van der Waals surface area contributed by atoms with Gasteiger partial charge in [-0.15, -0.1) is 0 Å². The number of benzene rings is 1. The van der Waals surface area contributed by atoms with Crippen LogP contribution in [0.25, 0.3) is 0 Å². The van der Waals surface area contributed by atoms with Gasteiger partial charge in [-0.3, -0.25) is 0 Å². The molecule has 20 heavy (non-hydrogen) atoms. The summed E-state index contributed by atoms with van der Waals surface area (Å²) in [5.41, 5.74) is 2.31. The minimum atomic E-state index is -3.34. The van der Waals surface area contributed by atoms with Gasteiger partial charge < -0.3 is 5.11 Å². The summed E-state index contributed by atoms with van der Waals surface area (Å²) < 4.78 is 26.6. The molecule has 1 aromatic rings. The Morgan fingerprint density at radius 3 is 2.70 bits per heavy atom. The van der Waals surface area contributed by atoms with Crippen molar-refractivity contribution in [2.24, 2.45) is 5.92 Å². The first-order valence-corrected chi connectivity index (χ1v) is 8.75. The zero-order chi connectivity index (χ0) is 14.8. The molecule has 0 spiro atoms. The summed E-state index contributed by atoms with van der Waals surface area (Å²) in [4.78, 5) is 0. The van der Waals surface area contributed by atoms with Gasteiger partial charge in [-0.25, -0.2) is 8.42 Å². The van der Waals surface area contributed by atoms with Gasteiger partial charge in [0, 0.05) is 6.54 Å². The maximum atomic E-state index is 12.5. The number of aryl methyl sites for hydroxylation is 1. The van der Waals surface area contributed by atoms with E-state index in [9.17, 15) is 13.5 Å². The molecule has 0 heterocycles. The fourth-order valence-electron chi connectivity index (χ4n) is 2.94. The number of hydrogen-bond donors (Lipinski definition) is 1. The molecule has 1 aliphatic carbocycles. The van der Waals surface area contributed by atoms with Gasteiger partial charge in [-0.05, 0) is 29.9 Å². The first-order chi connectivity index (χ1) is 9.45. The van der Waals surface area contributed by atoms with Crippen molar-refractivity contribution in [3.05, 3.63) is 35.4 Å². The normalized spacial score (nSPS) is 18.8. The first-order valence-electron chi connectivity index (χ1n) is 7.14. The van der Waals surface area contributed by atoms with E-state index < -0.39 is 10.0 Å². The molecule has 0 saturated heterocycles. The van der Waals surface area contributed by atoms with E-state index in [0.29, 0.717) is 0 Å². The molecule has 0 fully saturated rings. The van der Waals surface area contributed by atoms with Crippen molar-refractivity contribution >= 4 is 10.0 Å². The van der Waals surface area contributed by atoms with Crippen molar-refractivity contribution in [2.45, 2.75) is 32.7 Å². The van der Waals surface area contributed by atoms with E-state index >= 15 is 0 Å². The number of sulfonamides is 1. The van der Waals surface area contributed by atoms with Gasteiger partial charge in [0.15, 0.2) is 0 Å². The second-order valence-electron chi connectivity index (χ2n) is 5.76. The van der Waals surface area contributed by atoms with Crippen LogP contribution in [-0.4, -0.2) is 36.7 Å². The fourth-order valence-corrected chi connectivity index (χ4v) is 4.94. The van der Waals surface area contributed by atoms with Gasteiger partial charge in [0.05, 0.1) is 18.4 Å². The van der Waals surface area contributed by atoms with E-state index in [2.05, 4.69) is 6.07 Å². The number of aliphatic hydroxyl groups excluding tert-OH is 1. The molecule has 5 heteroatoms. The summed E-state index contributed by atoms with van der Waals surface area (Å²) in [7, 11) is -3.34. The van der Waals surface area contributed by atoms with Crippen LogP contribution in [0.15, 0.2) is 24.3 Å². The van der Waals surface area contributed by atoms with Crippen molar-refractivity contribution < 1.29 is 13.5 Å². The van der Waals surface area contributed by atoms with E-state index in [1.54, 1.807) is 0 Å². The fraction of sp³-hybridized carbons (Fsp3) is 0.600. The van der Waals surface area contributed by atoms with E-state index in [4.69, 9.17) is 0 Å². The van der Waals surface area contributed by atoms with Crippen LogP contribution in [0.1, 0.15) is 37.4 Å². The Morgan fingerprint density at radius 1 is 1.35 bits per heavy atom. The molecule has 0 bridgehead atoms. The molecular weight excluding hydrogens is 274 g/mol. The summed E-state index contributed by atoms with van der Waals surface area (Å²) >= 11 is 0. The molecule has 1 aliphatic rings. The average molecular weight is 297 g/mol. The molecule has 0 saturated carbocycles. The van der Waals surface area contributed by atoms with Crippen molar-refractivity contribution in [1.82, 2.24) is 4.31 Å². The van der Waals surface area contributed by atoms with Crippen LogP contribution < -0.4 is 0 Å². The predicted octanol–water partition coefficient (Wildman–Crippen LogP) is 1.95. The minimum Gasteiger partial charge on any atom is -0.395 e. The average Bonchev–Trinajstić information content (AvgIpc) is 2.78. The predicted molar refractivity (Wildman–Crippen MR) is 79.9 cm³/mol. The van der Waals surface area contributed by atoms with Gasteiger partial charge in [0.1, 0.15) is 0 Å². The third-order valence-corrected chi connectivity index (χ3v) is 5.91. The summed E-state index contributed by atoms with van der Waals surface area (Å²) in [6, 6.07) is 7.87. The zero-order valence-corrected chi connectivity index (χ0v) is 12.9. The highest BCUT2D eigenvalue weighted by atomic mass is 32.2. The van der Waals surface area contributed by atoms with Crippen LogP contribution in [0.3, 0.4) is 0 Å². The van der Waals surface area contributed by atoms with Crippen molar-refractivity contribution in [3.63, 3.8) is 0 Å². The smallest absolute Gasteiger partial charge is 0.214 e. The third-order valence-electron chi connectivity index (χ3n) is 3.67. The largest absolute Gasteiger partial charge is 0.395 e. The van der Waals surface area contributed by atoms with Gasteiger partial charge in [-0.1, -0.05) is 38.1 Å². The molecule has 0 amide bonds. The SMILES string of the molecule is CC(C)CS(=O)(=O)N(CCO)C1CCc2ccccc21. The van der Waals surface area contributed by atoms with Gasteiger partial charge in [0.25, 0.3) is 0 Å². The highest BCUT2D eigenvalue weighted by Gasteiger charge is 2.34. The number of aliphatic hydroxyl groups is 1. The molecule has 0 aromatic heterocycles. The molecule has 2 rings (SSSR count). The lowest BCUT2D eigenvalue weighted by molar-refractivity contribution is 0.225. The Balaban J connectivity index is 2.31. The Labute approximate surface area is 121 Å². The lowest BCUT2D eigenvalue weighted by Crippen LogP contribution is -2.38. The van der Waals surface area contributed by atoms with Gasteiger partial charge >= 0.3 is 0 Å². The summed E-state index contributed by atoms with van der Waals surface area (Å²) in [5, 5.41) is 9.24. The van der Waals surface area contributed by atoms with E-state index in [0.717, 1.165) is 18.4 Å². The van der Waals surface area contributed by atoms with E-state index in [1.165, 1.54) is 9.87 Å². The van der Waals surface area contributed by atoms with Gasteiger partial charge in [-0.2, -0.15) is 4.31 Å². The maximum Gasteiger partial charge on any atom is 0.214 e. The molecule has 1 atom stereocenters. The van der Waals surface area contributed by atoms with Crippen molar-refractivity contribution in [3.8, 4) is 0 Å². The summed E-state index contributed by atoms with van der Waals surface area (Å²) in [5.74, 6) is 0.212. The van der Waals surface area contributed by atoms with E-state index in [-0.39, 0.29) is 30.9 Å². The van der Waals surface area contributed by atoms with Crippen LogP contribution in [0.2, 0.25) is 0 Å². The maximum absolute atomic E-state index is 12.5. The molecule has 4 nitrogen and oxygen atoms in total. The lowest BCUT2D eigenvalue weighted by Gasteiger charge is -2.29. The quantitative estimate of drug-likeness (QED) is 0.873. The number of fused-ring (bicyclic) bond motifs is 1. The molecule has 0 aliphatic heterocycles. The van der Waals surface area contributed by atoms with E-state index in [1.807, 2.05) is 32.0 Å². The highest BCUT2D eigenvalue weighted by Crippen LogP contribution is 2.37. The number of hydrogen-bond acceptors (Lipinski definition) is 3. The second kappa shape index (κ2) is 6.24.